The number of piperidine rings is 1. The van der Waals surface area contributed by atoms with Crippen molar-refractivity contribution in [1.29, 1.82) is 0 Å². The molecular weight excluding hydrogens is 520 g/mol. The molecule has 0 saturated carbocycles. The molecule has 1 atom stereocenters. The summed E-state index contributed by atoms with van der Waals surface area (Å²) < 4.78 is 16.6. The minimum atomic E-state index is -0.516. The molecule has 1 N–H and O–H groups in total. The Morgan fingerprint density at radius 2 is 1.95 bits per heavy atom. The van der Waals surface area contributed by atoms with E-state index in [9.17, 15) is 9.59 Å². The Bertz CT molecular complexity index is 1280. The molecule has 0 unspecified atom stereocenters. The number of carbonyl (C=O) groups excluding carboxylic acids is 2. The van der Waals surface area contributed by atoms with Crippen LogP contribution in [-0.4, -0.2) is 78.9 Å². The van der Waals surface area contributed by atoms with Crippen LogP contribution >= 0.6 is 11.3 Å². The molecule has 206 valence electrons. The van der Waals surface area contributed by atoms with Crippen LogP contribution in [-0.2, 0) is 9.47 Å². The zero-order chi connectivity index (χ0) is 27.2. The molecule has 0 radical (unpaired) electrons. The summed E-state index contributed by atoms with van der Waals surface area (Å²) in [5, 5.41) is 5.36. The van der Waals surface area contributed by atoms with E-state index in [1.54, 1.807) is 36.0 Å². The highest BCUT2D eigenvalue weighted by atomic mass is 32.1. The van der Waals surface area contributed by atoms with E-state index in [4.69, 9.17) is 14.2 Å². The lowest BCUT2D eigenvalue weighted by molar-refractivity contribution is 0.0384. The van der Waals surface area contributed by atoms with Crippen molar-refractivity contribution in [3.63, 3.8) is 0 Å². The number of carbonyl (C=O) groups is 2. The van der Waals surface area contributed by atoms with E-state index in [1.807, 2.05) is 6.07 Å². The second-order valence-electron chi connectivity index (χ2n) is 9.37. The number of ether oxygens (including phenoxy) is 3. The molecule has 2 aromatic heterocycles. The number of morpholine rings is 1. The molecule has 1 amide bonds. The topological polar surface area (TPSA) is 119 Å². The van der Waals surface area contributed by atoms with Gasteiger partial charge in [-0.05, 0) is 30.7 Å². The maximum absolute atomic E-state index is 13.1. The van der Waals surface area contributed by atoms with E-state index < -0.39 is 5.97 Å². The quantitative estimate of drug-likeness (QED) is 0.415. The van der Waals surface area contributed by atoms with Crippen molar-refractivity contribution in [2.45, 2.75) is 38.4 Å². The van der Waals surface area contributed by atoms with Gasteiger partial charge in [0, 0.05) is 62.5 Å². The lowest BCUT2D eigenvalue weighted by atomic mass is 10.1. The minimum absolute atomic E-state index is 0.0383. The third-order valence-corrected chi connectivity index (χ3v) is 7.77. The number of hydrogen-bond donors (Lipinski definition) is 1. The Balaban J connectivity index is 1.22. The fourth-order valence-electron chi connectivity index (χ4n) is 4.68. The highest BCUT2D eigenvalue weighted by molar-refractivity contribution is 7.14. The van der Waals surface area contributed by atoms with E-state index in [0.717, 1.165) is 56.3 Å². The summed E-state index contributed by atoms with van der Waals surface area (Å²) in [5.74, 6) is -0.898. The molecule has 11 nitrogen and oxygen atoms in total. The summed E-state index contributed by atoms with van der Waals surface area (Å²) in [7, 11) is 1.33. The third kappa shape index (κ3) is 6.45. The first kappa shape index (κ1) is 26.8. The van der Waals surface area contributed by atoms with Gasteiger partial charge in [0.1, 0.15) is 11.8 Å². The molecule has 2 saturated heterocycles. The fraction of sp³-hybridized carbons (Fsp3) is 0.444. The monoisotopic (exact) mass is 552 g/mol. The number of nitrogens with zero attached hydrogens (tertiary/aromatic N) is 5. The number of hydrogen-bond acceptors (Lipinski definition) is 11. The molecule has 12 heteroatoms. The van der Waals surface area contributed by atoms with E-state index in [1.165, 1.54) is 18.4 Å². The number of aromatic nitrogens is 3. The van der Waals surface area contributed by atoms with Crippen molar-refractivity contribution in [2.75, 3.05) is 55.0 Å². The van der Waals surface area contributed by atoms with Crippen molar-refractivity contribution in [3.05, 3.63) is 53.3 Å². The van der Waals surface area contributed by atoms with E-state index in [0.29, 0.717) is 29.6 Å². The number of benzene rings is 1. The highest BCUT2D eigenvalue weighted by Crippen LogP contribution is 2.28. The van der Waals surface area contributed by atoms with Gasteiger partial charge in [0.2, 0.25) is 0 Å². The van der Waals surface area contributed by atoms with Gasteiger partial charge in [-0.1, -0.05) is 6.92 Å². The number of anilines is 3. The molecule has 3 aromatic rings. The predicted octanol–water partition coefficient (Wildman–Crippen LogP) is 3.64. The molecule has 2 fully saturated rings. The van der Waals surface area contributed by atoms with Gasteiger partial charge in [0.05, 0.1) is 31.1 Å². The van der Waals surface area contributed by atoms with Crippen LogP contribution in [0.3, 0.4) is 0 Å². The molecule has 2 aliphatic rings. The van der Waals surface area contributed by atoms with Crippen molar-refractivity contribution in [1.82, 2.24) is 15.0 Å². The van der Waals surface area contributed by atoms with Crippen molar-refractivity contribution >= 4 is 39.7 Å². The molecule has 4 heterocycles. The zero-order valence-electron chi connectivity index (χ0n) is 22.0. The average Bonchev–Trinajstić information content (AvgIpc) is 3.48. The zero-order valence-corrected chi connectivity index (χ0v) is 22.9. The van der Waals surface area contributed by atoms with Crippen LogP contribution in [0.1, 0.15) is 47.0 Å². The number of esters is 1. The molecular formula is C27H32N6O5S. The Labute approximate surface area is 231 Å². The van der Waals surface area contributed by atoms with Crippen LogP contribution in [0.25, 0.3) is 0 Å². The van der Waals surface area contributed by atoms with Gasteiger partial charge < -0.3 is 29.3 Å². The maximum Gasteiger partial charge on any atom is 0.340 e. The SMILES string of the molecule is CC[C@@H]1CN(c2ccc(NC(=O)c3csc(N4CCC(Oc5ncccn5)CC4)n3)c(C(=O)OC)c2)CCO1. The molecule has 39 heavy (non-hydrogen) atoms. The molecule has 0 aliphatic carbocycles. The molecule has 5 rings (SSSR count). The Hall–Kier alpha value is -3.77. The second-order valence-corrected chi connectivity index (χ2v) is 10.2. The number of amides is 1. The summed E-state index contributed by atoms with van der Waals surface area (Å²) in [6.07, 6.45) is 6.03. The number of methoxy groups -OCH3 is 1. The summed E-state index contributed by atoms with van der Waals surface area (Å²) in [6, 6.07) is 7.55. The van der Waals surface area contributed by atoms with Crippen molar-refractivity contribution in [2.24, 2.45) is 0 Å². The Morgan fingerprint density at radius 3 is 2.69 bits per heavy atom. The summed E-state index contributed by atoms with van der Waals surface area (Å²) in [4.78, 5) is 42.9. The van der Waals surface area contributed by atoms with Gasteiger partial charge in [-0.15, -0.1) is 11.3 Å². The minimum Gasteiger partial charge on any atom is -0.465 e. The Kier molecular flexibility index (Phi) is 8.52. The lowest BCUT2D eigenvalue weighted by Gasteiger charge is -2.34. The van der Waals surface area contributed by atoms with Gasteiger partial charge in [0.15, 0.2) is 5.13 Å². The molecule has 1 aromatic carbocycles. The van der Waals surface area contributed by atoms with Gasteiger partial charge in [-0.3, -0.25) is 4.79 Å². The van der Waals surface area contributed by atoms with Crippen LogP contribution in [0.15, 0.2) is 42.0 Å². The van der Waals surface area contributed by atoms with Gasteiger partial charge in [-0.25, -0.2) is 19.7 Å². The molecule has 0 bridgehead atoms. The maximum atomic E-state index is 13.1. The van der Waals surface area contributed by atoms with E-state index >= 15 is 0 Å². The van der Waals surface area contributed by atoms with Crippen LogP contribution in [0.2, 0.25) is 0 Å². The lowest BCUT2D eigenvalue weighted by Crippen LogP contribution is -2.42. The smallest absolute Gasteiger partial charge is 0.340 e. The van der Waals surface area contributed by atoms with Crippen LogP contribution in [0, 0.1) is 0 Å². The molecule has 2 aliphatic heterocycles. The van der Waals surface area contributed by atoms with Gasteiger partial charge >= 0.3 is 12.0 Å². The first-order valence-electron chi connectivity index (χ1n) is 13.1. The van der Waals surface area contributed by atoms with Crippen LogP contribution in [0.4, 0.5) is 16.5 Å². The number of thiazole rings is 1. The standard InChI is InChI=1S/C27H32N6O5S/c1-3-19-16-33(13-14-37-19)18-5-6-22(21(15-18)25(35)36-2)30-24(34)23-17-39-27(31-23)32-11-7-20(8-12-32)38-26-28-9-4-10-29-26/h4-6,9-10,15,17,19-20H,3,7-8,11-14,16H2,1-2H3,(H,30,34)/t19-/m1/s1. The van der Waals surface area contributed by atoms with E-state index in [-0.39, 0.29) is 18.1 Å². The summed E-state index contributed by atoms with van der Waals surface area (Å²) in [6.45, 7) is 5.69. The normalized spacial score (nSPS) is 18.1. The van der Waals surface area contributed by atoms with Gasteiger partial charge in [-0.2, -0.15) is 0 Å². The van der Waals surface area contributed by atoms with Crippen LogP contribution in [0.5, 0.6) is 6.01 Å². The average molecular weight is 553 g/mol. The predicted molar refractivity (Wildman–Crippen MR) is 148 cm³/mol. The largest absolute Gasteiger partial charge is 0.465 e. The van der Waals surface area contributed by atoms with Crippen molar-refractivity contribution in [3.8, 4) is 6.01 Å². The first-order chi connectivity index (χ1) is 19.0. The first-order valence-corrected chi connectivity index (χ1v) is 14.0. The summed E-state index contributed by atoms with van der Waals surface area (Å²) in [5.41, 5.74) is 1.86. The molecule has 0 spiro atoms. The second kappa shape index (κ2) is 12.4. The Morgan fingerprint density at radius 1 is 1.15 bits per heavy atom. The van der Waals surface area contributed by atoms with Crippen molar-refractivity contribution < 1.29 is 23.8 Å². The van der Waals surface area contributed by atoms with E-state index in [2.05, 4.69) is 37.0 Å². The van der Waals surface area contributed by atoms with Gasteiger partial charge in [0.25, 0.3) is 5.91 Å². The number of rotatable bonds is 8. The van der Waals surface area contributed by atoms with Crippen LogP contribution < -0.4 is 19.9 Å². The fourth-order valence-corrected chi connectivity index (χ4v) is 5.54. The summed E-state index contributed by atoms with van der Waals surface area (Å²) >= 11 is 1.42. The number of nitrogens with one attached hydrogen (secondary N) is 1. The third-order valence-electron chi connectivity index (χ3n) is 6.87. The highest BCUT2D eigenvalue weighted by Gasteiger charge is 2.25.